The van der Waals surface area contributed by atoms with Crippen LogP contribution < -0.4 is 4.72 Å². The number of nitrogens with one attached hydrogen (secondary N) is 1. The largest absolute Gasteiger partial charge is 0.332 e. The molecule has 1 N–H and O–H groups in total. The molecule has 2 rings (SSSR count). The van der Waals surface area contributed by atoms with Crippen molar-refractivity contribution in [2.75, 3.05) is 4.72 Å². The molecule has 2 aromatic carbocycles. The van der Waals surface area contributed by atoms with E-state index < -0.39 is 0 Å². The highest BCUT2D eigenvalue weighted by Gasteiger charge is 1.96. The molecule has 0 heterocycles. The fourth-order valence-electron chi connectivity index (χ4n) is 1.40. The Morgan fingerprint density at radius 2 is 1.50 bits per heavy atom. The first kappa shape index (κ1) is 9.16. The Balaban J connectivity index is 2.42. The zero-order valence-electron chi connectivity index (χ0n) is 7.64. The van der Waals surface area contributed by atoms with E-state index >= 15 is 0 Å². The van der Waals surface area contributed by atoms with Crippen LogP contribution in [0, 0.1) is 0 Å². The van der Waals surface area contributed by atoms with Crippen LogP contribution in [-0.2, 0) is 0 Å². The summed E-state index contributed by atoms with van der Waals surface area (Å²) in [5, 5.41) is 0. The van der Waals surface area contributed by atoms with E-state index in [1.54, 1.807) is 0 Å². The van der Waals surface area contributed by atoms with Gasteiger partial charge in [0.2, 0.25) is 0 Å². The van der Waals surface area contributed by atoms with Crippen LogP contribution in [0.2, 0.25) is 0 Å². The van der Waals surface area contributed by atoms with Gasteiger partial charge in [-0.3, -0.25) is 0 Å². The summed E-state index contributed by atoms with van der Waals surface area (Å²) in [7, 11) is 0. The Morgan fingerprint density at radius 3 is 2.21 bits per heavy atom. The van der Waals surface area contributed by atoms with Crippen molar-refractivity contribution < 1.29 is 0 Å². The molecule has 0 aromatic heterocycles. The standard InChI is InChI=1S/C12H11NS/c14-13-12-8-4-7-11(9-12)10-5-2-1-3-6-10/h1-9,13-14H. The topological polar surface area (TPSA) is 12.0 Å². The number of hydrogen-bond donors (Lipinski definition) is 2. The second kappa shape index (κ2) is 4.20. The molecule has 0 saturated heterocycles. The smallest absolute Gasteiger partial charge is 0.0444 e. The van der Waals surface area contributed by atoms with Crippen LogP contribution in [0.3, 0.4) is 0 Å². The Hall–Kier alpha value is -1.41. The fraction of sp³-hybridized carbons (Fsp3) is 0. The Bertz CT molecular complexity index is 412. The molecule has 0 amide bonds. The minimum atomic E-state index is 1.01. The zero-order chi connectivity index (χ0) is 9.80. The summed E-state index contributed by atoms with van der Waals surface area (Å²) in [6, 6.07) is 18.4. The summed E-state index contributed by atoms with van der Waals surface area (Å²) in [5.41, 5.74) is 3.43. The average molecular weight is 201 g/mol. The second-order valence-corrected chi connectivity index (χ2v) is 3.28. The Labute approximate surface area is 89.3 Å². The normalized spacial score (nSPS) is 9.79. The molecule has 0 bridgehead atoms. The molecular formula is C12H11NS. The molecule has 2 aromatic rings. The SMILES string of the molecule is SNc1cccc(-c2ccccc2)c1. The van der Waals surface area contributed by atoms with Crippen LogP contribution >= 0.6 is 12.8 Å². The van der Waals surface area contributed by atoms with Gasteiger partial charge in [-0.05, 0) is 23.3 Å². The van der Waals surface area contributed by atoms with Gasteiger partial charge in [0, 0.05) is 5.69 Å². The lowest BCUT2D eigenvalue weighted by molar-refractivity contribution is 1.61. The van der Waals surface area contributed by atoms with Gasteiger partial charge in [-0.15, -0.1) is 0 Å². The van der Waals surface area contributed by atoms with Gasteiger partial charge < -0.3 is 4.72 Å². The van der Waals surface area contributed by atoms with Crippen molar-refractivity contribution in [3.8, 4) is 11.1 Å². The van der Waals surface area contributed by atoms with E-state index in [-0.39, 0.29) is 0 Å². The third kappa shape index (κ3) is 1.91. The highest BCUT2D eigenvalue weighted by Crippen LogP contribution is 2.22. The lowest BCUT2D eigenvalue weighted by Crippen LogP contribution is -1.81. The molecule has 0 spiro atoms. The number of thiol groups is 1. The molecule has 0 aliphatic carbocycles. The van der Waals surface area contributed by atoms with Crippen LogP contribution in [-0.4, -0.2) is 0 Å². The number of anilines is 1. The van der Waals surface area contributed by atoms with Crippen LogP contribution in [0.1, 0.15) is 0 Å². The van der Waals surface area contributed by atoms with Gasteiger partial charge in [0.25, 0.3) is 0 Å². The summed E-state index contributed by atoms with van der Waals surface area (Å²) in [6.07, 6.45) is 0. The van der Waals surface area contributed by atoms with E-state index in [9.17, 15) is 0 Å². The molecule has 2 heteroatoms. The second-order valence-electron chi connectivity index (χ2n) is 3.06. The molecule has 14 heavy (non-hydrogen) atoms. The first-order chi connectivity index (χ1) is 6.90. The summed E-state index contributed by atoms with van der Waals surface area (Å²) in [6.45, 7) is 0. The van der Waals surface area contributed by atoms with E-state index in [0.29, 0.717) is 0 Å². The summed E-state index contributed by atoms with van der Waals surface area (Å²) in [5.74, 6) is 0. The average Bonchev–Trinajstić information content (AvgIpc) is 2.30. The lowest BCUT2D eigenvalue weighted by atomic mass is 10.1. The van der Waals surface area contributed by atoms with Gasteiger partial charge in [0.1, 0.15) is 0 Å². The van der Waals surface area contributed by atoms with Gasteiger partial charge >= 0.3 is 0 Å². The van der Waals surface area contributed by atoms with Crippen molar-refractivity contribution in [3.05, 3.63) is 54.6 Å². The first-order valence-electron chi connectivity index (χ1n) is 4.46. The highest BCUT2D eigenvalue weighted by molar-refractivity contribution is 7.81. The van der Waals surface area contributed by atoms with Crippen molar-refractivity contribution in [1.29, 1.82) is 0 Å². The van der Waals surface area contributed by atoms with Gasteiger partial charge in [0.15, 0.2) is 0 Å². The molecular weight excluding hydrogens is 190 g/mol. The fourth-order valence-corrected chi connectivity index (χ4v) is 1.54. The highest BCUT2D eigenvalue weighted by atomic mass is 32.1. The monoisotopic (exact) mass is 201 g/mol. The molecule has 0 aliphatic rings. The molecule has 0 saturated carbocycles. The Morgan fingerprint density at radius 1 is 0.786 bits per heavy atom. The van der Waals surface area contributed by atoms with E-state index in [1.807, 2.05) is 30.3 Å². The van der Waals surface area contributed by atoms with E-state index in [4.69, 9.17) is 0 Å². The van der Waals surface area contributed by atoms with E-state index in [2.05, 4.69) is 41.8 Å². The van der Waals surface area contributed by atoms with Gasteiger partial charge in [-0.1, -0.05) is 55.3 Å². The minimum absolute atomic E-state index is 1.01. The van der Waals surface area contributed by atoms with Gasteiger partial charge in [0.05, 0.1) is 0 Å². The maximum absolute atomic E-state index is 4.02. The molecule has 0 atom stereocenters. The maximum Gasteiger partial charge on any atom is 0.0444 e. The minimum Gasteiger partial charge on any atom is -0.332 e. The zero-order valence-corrected chi connectivity index (χ0v) is 8.54. The van der Waals surface area contributed by atoms with Crippen molar-refractivity contribution in [1.82, 2.24) is 0 Å². The number of rotatable bonds is 2. The maximum atomic E-state index is 4.02. The molecule has 70 valence electrons. The van der Waals surface area contributed by atoms with Crippen molar-refractivity contribution >= 4 is 18.5 Å². The number of benzene rings is 2. The van der Waals surface area contributed by atoms with Crippen LogP contribution in [0.4, 0.5) is 5.69 Å². The van der Waals surface area contributed by atoms with E-state index in [0.717, 1.165) is 5.69 Å². The lowest BCUT2D eigenvalue weighted by Gasteiger charge is -2.03. The molecule has 0 unspecified atom stereocenters. The summed E-state index contributed by atoms with van der Waals surface area (Å²) < 4.78 is 2.83. The van der Waals surface area contributed by atoms with Crippen molar-refractivity contribution in [3.63, 3.8) is 0 Å². The van der Waals surface area contributed by atoms with Gasteiger partial charge in [-0.2, -0.15) is 0 Å². The van der Waals surface area contributed by atoms with Crippen LogP contribution in [0.5, 0.6) is 0 Å². The molecule has 0 radical (unpaired) electrons. The van der Waals surface area contributed by atoms with Crippen LogP contribution in [0.25, 0.3) is 11.1 Å². The predicted octanol–water partition coefficient (Wildman–Crippen LogP) is 3.61. The predicted molar refractivity (Wildman–Crippen MR) is 64.5 cm³/mol. The summed E-state index contributed by atoms with van der Waals surface area (Å²) in [4.78, 5) is 0. The van der Waals surface area contributed by atoms with Crippen LogP contribution in [0.15, 0.2) is 54.6 Å². The third-order valence-electron chi connectivity index (χ3n) is 2.10. The van der Waals surface area contributed by atoms with E-state index in [1.165, 1.54) is 11.1 Å². The molecule has 0 aliphatic heterocycles. The van der Waals surface area contributed by atoms with Crippen molar-refractivity contribution in [2.45, 2.75) is 0 Å². The quantitative estimate of drug-likeness (QED) is 0.707. The molecule has 1 nitrogen and oxygen atoms in total. The van der Waals surface area contributed by atoms with Gasteiger partial charge in [-0.25, -0.2) is 0 Å². The summed E-state index contributed by atoms with van der Waals surface area (Å²) >= 11 is 4.02. The van der Waals surface area contributed by atoms with Crippen molar-refractivity contribution in [2.24, 2.45) is 0 Å². The third-order valence-corrected chi connectivity index (χ3v) is 2.36. The number of hydrogen-bond acceptors (Lipinski definition) is 2. The Kier molecular flexibility index (Phi) is 2.75. The first-order valence-corrected chi connectivity index (χ1v) is 4.90. The molecule has 0 fully saturated rings.